The SMILES string of the molecule is c1ccc(C2(c3ccccc3)c3ccccc3-c3cc(-c4cc5c6ccc(N(c7ccc8ccccc8c7)c7ccc8ccccc8c7)cc6sc5c5ccccc45)ccc32)cc1. The van der Waals surface area contributed by atoms with Crippen LogP contribution >= 0.6 is 11.3 Å². The number of fused-ring (bicyclic) bond motifs is 10. The molecule has 0 unspecified atom stereocenters. The minimum absolute atomic E-state index is 0.423. The van der Waals surface area contributed by atoms with Gasteiger partial charge >= 0.3 is 0 Å². The molecule has 1 aliphatic rings. The summed E-state index contributed by atoms with van der Waals surface area (Å²) in [6.07, 6.45) is 0. The van der Waals surface area contributed by atoms with Crippen molar-refractivity contribution in [2.45, 2.75) is 5.41 Å². The molecule has 1 nitrogen and oxygen atoms in total. The average molecular weight is 818 g/mol. The van der Waals surface area contributed by atoms with Gasteiger partial charge in [-0.05, 0) is 120 Å². The van der Waals surface area contributed by atoms with Gasteiger partial charge in [0.2, 0.25) is 0 Å². The van der Waals surface area contributed by atoms with Crippen molar-refractivity contribution < 1.29 is 0 Å². The van der Waals surface area contributed by atoms with Crippen molar-refractivity contribution in [2.24, 2.45) is 0 Å². The Bertz CT molecular complexity index is 3630. The Balaban J connectivity index is 0.998. The van der Waals surface area contributed by atoms with Crippen LogP contribution in [0.15, 0.2) is 237 Å². The van der Waals surface area contributed by atoms with Gasteiger partial charge in [0.25, 0.3) is 0 Å². The number of hydrogen-bond donors (Lipinski definition) is 0. The molecule has 1 aliphatic carbocycles. The summed E-state index contributed by atoms with van der Waals surface area (Å²) < 4.78 is 2.60. The Labute approximate surface area is 370 Å². The molecule has 294 valence electrons. The third kappa shape index (κ3) is 5.48. The summed E-state index contributed by atoms with van der Waals surface area (Å²) >= 11 is 1.90. The van der Waals surface area contributed by atoms with E-state index in [2.05, 4.69) is 241 Å². The summed E-state index contributed by atoms with van der Waals surface area (Å²) in [7, 11) is 0. The Morgan fingerprint density at radius 2 is 0.857 bits per heavy atom. The highest BCUT2D eigenvalue weighted by Gasteiger charge is 2.46. The van der Waals surface area contributed by atoms with Crippen LogP contribution in [0.25, 0.3) is 74.7 Å². The number of rotatable bonds is 6. The molecule has 11 aromatic carbocycles. The van der Waals surface area contributed by atoms with Crippen molar-refractivity contribution in [1.29, 1.82) is 0 Å². The van der Waals surface area contributed by atoms with Crippen LogP contribution in [0, 0.1) is 0 Å². The van der Waals surface area contributed by atoms with Crippen LogP contribution in [0.3, 0.4) is 0 Å². The normalized spacial score (nSPS) is 12.9. The van der Waals surface area contributed by atoms with Crippen molar-refractivity contribution in [2.75, 3.05) is 4.90 Å². The first kappa shape index (κ1) is 35.9. The standard InChI is InChI=1S/C61H39NS/c1-3-19-45(20-4-1)61(46-21-5-2-6-22-46)57-26-14-13-24-51(57)55-37-44(29-34-58(55)61)54-39-56-52-33-32-49(38-59(52)63-60(56)53-25-12-11-23-50(53)54)62(47-30-27-40-15-7-9-17-42(40)35-47)48-31-28-41-16-8-10-18-43(41)36-48/h1-39H. The third-order valence-corrected chi connectivity index (χ3v) is 14.7. The number of thiophene rings is 1. The lowest BCUT2D eigenvalue weighted by Crippen LogP contribution is -2.28. The molecule has 1 aromatic heterocycles. The van der Waals surface area contributed by atoms with Crippen LogP contribution in [0.2, 0.25) is 0 Å². The van der Waals surface area contributed by atoms with E-state index in [-0.39, 0.29) is 0 Å². The second-order valence-electron chi connectivity index (χ2n) is 16.8. The first-order chi connectivity index (χ1) is 31.2. The zero-order valence-electron chi connectivity index (χ0n) is 34.4. The summed E-state index contributed by atoms with van der Waals surface area (Å²) in [5.41, 5.74) is 13.3. The zero-order chi connectivity index (χ0) is 41.5. The van der Waals surface area contributed by atoms with Gasteiger partial charge in [0.15, 0.2) is 0 Å². The van der Waals surface area contributed by atoms with Gasteiger partial charge in [-0.15, -0.1) is 11.3 Å². The highest BCUT2D eigenvalue weighted by atomic mass is 32.1. The second kappa shape index (κ2) is 14.1. The second-order valence-corrected chi connectivity index (χ2v) is 17.9. The fraction of sp³-hybridized carbons (Fsp3) is 0.0164. The maximum Gasteiger partial charge on any atom is 0.0713 e. The molecule has 12 aromatic rings. The molecule has 0 bridgehead atoms. The van der Waals surface area contributed by atoms with Gasteiger partial charge < -0.3 is 4.90 Å². The van der Waals surface area contributed by atoms with E-state index < -0.39 is 5.41 Å². The monoisotopic (exact) mass is 817 g/mol. The molecule has 0 amide bonds. The smallest absolute Gasteiger partial charge is 0.0713 e. The number of benzene rings is 11. The van der Waals surface area contributed by atoms with Gasteiger partial charge in [0.1, 0.15) is 0 Å². The van der Waals surface area contributed by atoms with E-state index in [9.17, 15) is 0 Å². The Morgan fingerprint density at radius 1 is 0.317 bits per heavy atom. The lowest BCUT2D eigenvalue weighted by Gasteiger charge is -2.33. The molecule has 0 saturated heterocycles. The minimum atomic E-state index is -0.423. The van der Waals surface area contributed by atoms with Gasteiger partial charge in [-0.3, -0.25) is 0 Å². The predicted octanol–water partition coefficient (Wildman–Crippen LogP) is 17.0. The third-order valence-electron chi connectivity index (χ3n) is 13.5. The van der Waals surface area contributed by atoms with Crippen molar-refractivity contribution in [3.63, 3.8) is 0 Å². The lowest BCUT2D eigenvalue weighted by molar-refractivity contribution is 0.768. The first-order valence-electron chi connectivity index (χ1n) is 21.7. The molecule has 0 fully saturated rings. The van der Waals surface area contributed by atoms with Gasteiger partial charge in [-0.25, -0.2) is 0 Å². The molecule has 0 radical (unpaired) electrons. The summed E-state index contributed by atoms with van der Waals surface area (Å²) in [4.78, 5) is 2.42. The molecule has 0 spiro atoms. The van der Waals surface area contributed by atoms with Crippen LogP contribution in [0.1, 0.15) is 22.3 Å². The van der Waals surface area contributed by atoms with Crippen LogP contribution in [-0.4, -0.2) is 0 Å². The summed E-state index contributed by atoms with van der Waals surface area (Å²) in [6, 6.07) is 87.8. The highest BCUT2D eigenvalue weighted by Crippen LogP contribution is 2.57. The number of anilines is 3. The molecule has 0 aliphatic heterocycles. The molecule has 0 atom stereocenters. The Morgan fingerprint density at radius 3 is 1.54 bits per heavy atom. The molecular weight excluding hydrogens is 779 g/mol. The van der Waals surface area contributed by atoms with Crippen molar-refractivity contribution >= 4 is 80.9 Å². The maximum absolute atomic E-state index is 2.47. The molecular formula is C61H39NS. The average Bonchev–Trinajstić information content (AvgIpc) is 3.87. The van der Waals surface area contributed by atoms with Crippen LogP contribution in [-0.2, 0) is 5.41 Å². The zero-order valence-corrected chi connectivity index (χ0v) is 35.2. The fourth-order valence-electron chi connectivity index (χ4n) is 10.7. The summed E-state index contributed by atoms with van der Waals surface area (Å²) in [5.74, 6) is 0. The van der Waals surface area contributed by atoms with Crippen LogP contribution in [0.4, 0.5) is 17.1 Å². The summed E-state index contributed by atoms with van der Waals surface area (Å²) in [5, 5.41) is 10.1. The van der Waals surface area contributed by atoms with E-state index >= 15 is 0 Å². The summed E-state index contributed by atoms with van der Waals surface area (Å²) in [6.45, 7) is 0. The lowest BCUT2D eigenvalue weighted by atomic mass is 9.67. The van der Waals surface area contributed by atoms with E-state index in [0.717, 1.165) is 17.1 Å². The Kier molecular flexibility index (Phi) is 8.06. The van der Waals surface area contributed by atoms with Gasteiger partial charge in [0.05, 0.1) is 5.41 Å². The Hall–Kier alpha value is -7.78. The molecule has 63 heavy (non-hydrogen) atoms. The van der Waals surface area contributed by atoms with E-state index in [1.807, 2.05) is 11.3 Å². The van der Waals surface area contributed by atoms with E-state index in [4.69, 9.17) is 0 Å². The molecule has 2 heteroatoms. The van der Waals surface area contributed by atoms with Crippen molar-refractivity contribution in [3.8, 4) is 22.3 Å². The minimum Gasteiger partial charge on any atom is -0.310 e. The van der Waals surface area contributed by atoms with Crippen molar-refractivity contribution in [3.05, 3.63) is 259 Å². The topological polar surface area (TPSA) is 3.24 Å². The molecule has 0 N–H and O–H groups in total. The first-order valence-corrected chi connectivity index (χ1v) is 22.6. The quantitative estimate of drug-likeness (QED) is 0.162. The predicted molar refractivity (Wildman–Crippen MR) is 269 cm³/mol. The van der Waals surface area contributed by atoms with Crippen molar-refractivity contribution in [1.82, 2.24) is 0 Å². The fourth-order valence-corrected chi connectivity index (χ4v) is 11.9. The molecule has 13 rings (SSSR count). The molecule has 0 saturated carbocycles. The number of hydrogen-bond acceptors (Lipinski definition) is 2. The highest BCUT2D eigenvalue weighted by molar-refractivity contribution is 7.26. The van der Waals surface area contributed by atoms with Crippen LogP contribution in [0.5, 0.6) is 0 Å². The maximum atomic E-state index is 2.47. The number of nitrogens with zero attached hydrogens (tertiary/aromatic N) is 1. The largest absolute Gasteiger partial charge is 0.310 e. The van der Waals surface area contributed by atoms with Gasteiger partial charge in [-0.2, -0.15) is 0 Å². The molecule has 1 heterocycles. The van der Waals surface area contributed by atoms with E-state index in [0.29, 0.717) is 0 Å². The van der Waals surface area contributed by atoms with Gasteiger partial charge in [0, 0.05) is 42.6 Å². The van der Waals surface area contributed by atoms with E-state index in [1.54, 1.807) is 0 Å². The van der Waals surface area contributed by atoms with Crippen LogP contribution < -0.4 is 4.90 Å². The van der Waals surface area contributed by atoms with Gasteiger partial charge in [-0.1, -0.05) is 188 Å². The van der Waals surface area contributed by atoms with E-state index in [1.165, 1.54) is 97.0 Å².